The topological polar surface area (TPSA) is 81.8 Å². The van der Waals surface area contributed by atoms with Crippen LogP contribution in [0.2, 0.25) is 0 Å². The van der Waals surface area contributed by atoms with Gasteiger partial charge in [0.1, 0.15) is 12.2 Å². The fourth-order valence-electron chi connectivity index (χ4n) is 6.91. The highest BCUT2D eigenvalue weighted by Crippen LogP contribution is 2.44. The molecule has 0 bridgehead atoms. The van der Waals surface area contributed by atoms with Crippen molar-refractivity contribution in [1.29, 1.82) is 0 Å². The number of amides is 3. The van der Waals surface area contributed by atoms with E-state index in [4.69, 9.17) is 0 Å². The Morgan fingerprint density at radius 3 is 2.56 bits per heavy atom. The number of carbonyl (C=O) groups excluding carboxylic acids is 3. The second-order valence-electron chi connectivity index (χ2n) is 11.7. The molecule has 3 aliphatic heterocycles. The smallest absolute Gasteiger partial charge is 0.255 e. The summed E-state index contributed by atoms with van der Waals surface area (Å²) in [5.41, 5.74) is 2.59. The SMILES string of the molecule is O=C1CC[C@H](N2Cc3c(NC4(CCC5CC5)CCC(N5CC[C@H](F)C5)CC4)cccc3C2=O)C(=O)N1. The molecule has 0 unspecified atom stereocenters. The van der Waals surface area contributed by atoms with E-state index in [1.54, 1.807) is 4.90 Å². The maximum Gasteiger partial charge on any atom is 0.255 e. The standard InChI is InChI=1S/C28H37FN4O3/c29-19-11-15-32(16-19)20-9-13-28(14-10-20,12-8-18-4-5-18)31-23-3-1-2-21-22(23)17-33(27(21)36)24-6-7-25(34)30-26(24)35/h1-3,18-20,24,31H,4-17H2,(H,30,34,35)/t19-,20?,24-,28?/m0/s1. The summed E-state index contributed by atoms with van der Waals surface area (Å²) in [6.07, 6.45) is 9.86. The van der Waals surface area contributed by atoms with Gasteiger partial charge >= 0.3 is 0 Å². The largest absolute Gasteiger partial charge is 0.379 e. The molecule has 2 saturated carbocycles. The summed E-state index contributed by atoms with van der Waals surface area (Å²) in [6, 6.07) is 5.71. The van der Waals surface area contributed by atoms with Crippen LogP contribution in [-0.4, -0.2) is 64.4 Å². The predicted octanol–water partition coefficient (Wildman–Crippen LogP) is 3.77. The monoisotopic (exact) mass is 496 g/mol. The number of hydrogen-bond donors (Lipinski definition) is 2. The molecule has 2 saturated heterocycles. The molecule has 8 heteroatoms. The second kappa shape index (κ2) is 9.43. The zero-order valence-corrected chi connectivity index (χ0v) is 20.9. The maximum atomic E-state index is 13.8. The first kappa shape index (κ1) is 23.9. The molecule has 2 aliphatic carbocycles. The summed E-state index contributed by atoms with van der Waals surface area (Å²) >= 11 is 0. The molecular weight excluding hydrogens is 459 g/mol. The maximum absolute atomic E-state index is 13.8. The summed E-state index contributed by atoms with van der Waals surface area (Å²) in [7, 11) is 0. The Morgan fingerprint density at radius 1 is 1.06 bits per heavy atom. The van der Waals surface area contributed by atoms with Crippen LogP contribution in [0.1, 0.15) is 86.6 Å². The number of piperidine rings is 1. The van der Waals surface area contributed by atoms with Crippen LogP contribution < -0.4 is 10.6 Å². The summed E-state index contributed by atoms with van der Waals surface area (Å²) in [5.74, 6) is 0.0672. The molecule has 7 nitrogen and oxygen atoms in total. The summed E-state index contributed by atoms with van der Waals surface area (Å²) < 4.78 is 13.8. The van der Waals surface area contributed by atoms with Crippen LogP contribution in [0.15, 0.2) is 18.2 Å². The van der Waals surface area contributed by atoms with Crippen LogP contribution in [0.25, 0.3) is 0 Å². The molecule has 0 radical (unpaired) electrons. The number of imide groups is 1. The van der Waals surface area contributed by atoms with E-state index in [1.165, 1.54) is 19.3 Å². The van der Waals surface area contributed by atoms with Gasteiger partial charge in [0.2, 0.25) is 11.8 Å². The highest BCUT2D eigenvalue weighted by Gasteiger charge is 2.43. The molecule has 2 atom stereocenters. The number of halogens is 1. The van der Waals surface area contributed by atoms with Gasteiger partial charge in [-0.2, -0.15) is 0 Å². The fraction of sp³-hybridized carbons (Fsp3) is 0.679. The molecule has 6 rings (SSSR count). The lowest BCUT2D eigenvalue weighted by molar-refractivity contribution is -0.136. The Morgan fingerprint density at radius 2 is 1.86 bits per heavy atom. The van der Waals surface area contributed by atoms with Crippen molar-refractivity contribution in [3.05, 3.63) is 29.3 Å². The van der Waals surface area contributed by atoms with Crippen LogP contribution in [-0.2, 0) is 16.1 Å². The quantitative estimate of drug-likeness (QED) is 0.562. The van der Waals surface area contributed by atoms with Crippen LogP contribution in [0.5, 0.6) is 0 Å². The molecule has 1 aromatic carbocycles. The number of carbonyl (C=O) groups is 3. The lowest BCUT2D eigenvalue weighted by Gasteiger charge is -2.44. The number of nitrogens with zero attached hydrogens (tertiary/aromatic N) is 2. The minimum Gasteiger partial charge on any atom is -0.379 e. The highest BCUT2D eigenvalue weighted by molar-refractivity contribution is 6.06. The number of alkyl halides is 1. The van der Waals surface area contributed by atoms with Gasteiger partial charge in [-0.15, -0.1) is 0 Å². The van der Waals surface area contributed by atoms with E-state index in [1.807, 2.05) is 12.1 Å². The molecule has 0 aromatic heterocycles. The minimum atomic E-state index is -0.679. The van der Waals surface area contributed by atoms with Crippen LogP contribution >= 0.6 is 0 Å². The number of nitrogens with one attached hydrogen (secondary N) is 2. The average molecular weight is 497 g/mol. The van der Waals surface area contributed by atoms with Gasteiger partial charge in [-0.05, 0) is 69.4 Å². The zero-order valence-electron chi connectivity index (χ0n) is 20.9. The second-order valence-corrected chi connectivity index (χ2v) is 11.7. The first-order valence-corrected chi connectivity index (χ1v) is 13.8. The first-order chi connectivity index (χ1) is 17.4. The van der Waals surface area contributed by atoms with Gasteiger partial charge in [-0.3, -0.25) is 24.6 Å². The van der Waals surface area contributed by atoms with Crippen molar-refractivity contribution >= 4 is 23.4 Å². The number of likely N-dealkylation sites (tertiary alicyclic amines) is 1. The Kier molecular flexibility index (Phi) is 6.26. The molecule has 2 N–H and O–H groups in total. The molecule has 3 heterocycles. The number of hydrogen-bond acceptors (Lipinski definition) is 5. The highest BCUT2D eigenvalue weighted by atomic mass is 19.1. The number of rotatable bonds is 7. The number of benzene rings is 1. The third-order valence-corrected chi connectivity index (χ3v) is 9.30. The lowest BCUT2D eigenvalue weighted by Crippen LogP contribution is -2.52. The summed E-state index contributed by atoms with van der Waals surface area (Å²) in [4.78, 5) is 41.4. The van der Waals surface area contributed by atoms with Gasteiger partial charge in [0, 0.05) is 54.5 Å². The van der Waals surface area contributed by atoms with Crippen LogP contribution in [0, 0.1) is 5.92 Å². The molecule has 0 spiro atoms. The molecular formula is C28H37FN4O3. The Bertz CT molecular complexity index is 1050. The number of fused-ring (bicyclic) bond motifs is 1. The van der Waals surface area contributed by atoms with E-state index in [2.05, 4.69) is 21.6 Å². The van der Waals surface area contributed by atoms with E-state index in [0.29, 0.717) is 37.5 Å². The Labute approximate surface area is 212 Å². The normalized spacial score (nSPS) is 33.1. The van der Waals surface area contributed by atoms with Crippen molar-refractivity contribution < 1.29 is 18.8 Å². The van der Waals surface area contributed by atoms with E-state index in [-0.39, 0.29) is 29.7 Å². The predicted molar refractivity (Wildman–Crippen MR) is 134 cm³/mol. The van der Waals surface area contributed by atoms with Gasteiger partial charge in [0.25, 0.3) is 5.91 Å². The van der Waals surface area contributed by atoms with E-state index in [0.717, 1.165) is 55.8 Å². The van der Waals surface area contributed by atoms with Crippen molar-refractivity contribution in [2.75, 3.05) is 18.4 Å². The molecule has 36 heavy (non-hydrogen) atoms. The average Bonchev–Trinajstić information content (AvgIpc) is 3.51. The zero-order chi connectivity index (χ0) is 24.9. The van der Waals surface area contributed by atoms with Crippen LogP contribution in [0.4, 0.5) is 10.1 Å². The van der Waals surface area contributed by atoms with E-state index < -0.39 is 12.2 Å². The Balaban J connectivity index is 1.20. The van der Waals surface area contributed by atoms with Gasteiger partial charge in [0.05, 0.1) is 0 Å². The first-order valence-electron chi connectivity index (χ1n) is 13.8. The van der Waals surface area contributed by atoms with Gasteiger partial charge in [-0.1, -0.05) is 18.9 Å². The van der Waals surface area contributed by atoms with E-state index >= 15 is 0 Å². The molecule has 1 aromatic rings. The molecule has 3 amide bonds. The molecule has 5 aliphatic rings. The Hall–Kier alpha value is -2.48. The van der Waals surface area contributed by atoms with Gasteiger partial charge in [-0.25, -0.2) is 4.39 Å². The molecule has 194 valence electrons. The van der Waals surface area contributed by atoms with Crippen molar-refractivity contribution in [1.82, 2.24) is 15.1 Å². The van der Waals surface area contributed by atoms with Crippen molar-refractivity contribution in [2.24, 2.45) is 5.92 Å². The van der Waals surface area contributed by atoms with Crippen molar-refractivity contribution in [3.63, 3.8) is 0 Å². The van der Waals surface area contributed by atoms with Crippen molar-refractivity contribution in [2.45, 2.75) is 101 Å². The lowest BCUT2D eigenvalue weighted by atomic mass is 9.75. The van der Waals surface area contributed by atoms with Gasteiger partial charge < -0.3 is 10.2 Å². The number of anilines is 1. The summed E-state index contributed by atoms with van der Waals surface area (Å²) in [5, 5.41) is 6.32. The van der Waals surface area contributed by atoms with Gasteiger partial charge in [0.15, 0.2) is 0 Å². The third kappa shape index (κ3) is 4.64. The fourth-order valence-corrected chi connectivity index (χ4v) is 6.91. The molecule has 4 fully saturated rings. The summed E-state index contributed by atoms with van der Waals surface area (Å²) in [6.45, 7) is 1.84. The third-order valence-electron chi connectivity index (χ3n) is 9.30. The van der Waals surface area contributed by atoms with E-state index in [9.17, 15) is 18.8 Å². The van der Waals surface area contributed by atoms with Crippen molar-refractivity contribution in [3.8, 4) is 0 Å². The minimum absolute atomic E-state index is 0.0197. The van der Waals surface area contributed by atoms with Crippen LogP contribution in [0.3, 0.4) is 0 Å².